The first kappa shape index (κ1) is 12.8. The van der Waals surface area contributed by atoms with Crippen LogP contribution in [-0.2, 0) is 19.4 Å². The molecule has 108 valence electrons. The van der Waals surface area contributed by atoms with Crippen LogP contribution in [0.15, 0.2) is 17.8 Å². The molecular weight excluding hydrogens is 282 g/mol. The van der Waals surface area contributed by atoms with Crippen LogP contribution in [0.4, 0.5) is 5.82 Å². The minimum Gasteiger partial charge on any atom is -0.372 e. The van der Waals surface area contributed by atoms with Gasteiger partial charge in [-0.05, 0) is 37.1 Å². The minimum absolute atomic E-state index is 0.699. The highest BCUT2D eigenvalue weighted by atomic mass is 32.1. The van der Waals surface area contributed by atoms with E-state index in [1.807, 2.05) is 13.4 Å². The van der Waals surface area contributed by atoms with Crippen LogP contribution in [0.2, 0.25) is 0 Å². The Morgan fingerprint density at radius 1 is 1.29 bits per heavy atom. The lowest BCUT2D eigenvalue weighted by molar-refractivity contribution is 0.621. The van der Waals surface area contributed by atoms with Crippen molar-refractivity contribution < 1.29 is 0 Å². The molecular formula is C15H17N5S. The molecule has 3 aromatic heterocycles. The summed E-state index contributed by atoms with van der Waals surface area (Å²) in [6.45, 7) is 0.699. The second kappa shape index (κ2) is 5.11. The van der Waals surface area contributed by atoms with Gasteiger partial charge in [-0.25, -0.2) is 15.0 Å². The molecule has 0 unspecified atom stereocenters. The molecule has 0 amide bonds. The van der Waals surface area contributed by atoms with Crippen molar-refractivity contribution in [3.8, 4) is 0 Å². The number of anilines is 1. The van der Waals surface area contributed by atoms with Gasteiger partial charge in [-0.3, -0.25) is 0 Å². The molecule has 5 nitrogen and oxygen atoms in total. The molecule has 0 saturated heterocycles. The summed E-state index contributed by atoms with van der Waals surface area (Å²) in [6, 6.07) is 2.06. The molecule has 4 rings (SSSR count). The van der Waals surface area contributed by atoms with Gasteiger partial charge in [0.2, 0.25) is 0 Å². The summed E-state index contributed by atoms with van der Waals surface area (Å²) in [5.74, 6) is 1.75. The fourth-order valence-electron chi connectivity index (χ4n) is 2.98. The Balaban J connectivity index is 1.72. The molecule has 3 heterocycles. The van der Waals surface area contributed by atoms with Crippen molar-refractivity contribution in [1.82, 2.24) is 19.5 Å². The lowest BCUT2D eigenvalue weighted by atomic mass is 10.0. The summed E-state index contributed by atoms with van der Waals surface area (Å²) in [6.07, 6.45) is 6.68. The third kappa shape index (κ3) is 2.19. The number of aromatic nitrogens is 4. The van der Waals surface area contributed by atoms with E-state index in [1.165, 1.54) is 24.2 Å². The number of thiophene rings is 1. The van der Waals surface area contributed by atoms with Crippen LogP contribution in [0.1, 0.15) is 30.1 Å². The van der Waals surface area contributed by atoms with Gasteiger partial charge < -0.3 is 9.88 Å². The first-order valence-corrected chi connectivity index (χ1v) is 8.18. The lowest BCUT2D eigenvalue weighted by Crippen LogP contribution is -2.11. The summed E-state index contributed by atoms with van der Waals surface area (Å²) in [5, 5.41) is 6.32. The van der Waals surface area contributed by atoms with Gasteiger partial charge in [0, 0.05) is 12.7 Å². The molecule has 1 aliphatic rings. The van der Waals surface area contributed by atoms with Crippen LogP contribution in [0.3, 0.4) is 0 Å². The second-order valence-corrected chi connectivity index (χ2v) is 6.25. The smallest absolute Gasteiger partial charge is 0.152 e. The highest BCUT2D eigenvalue weighted by molar-refractivity contribution is 7.16. The molecule has 21 heavy (non-hydrogen) atoms. The fourth-order valence-corrected chi connectivity index (χ4v) is 3.76. The van der Waals surface area contributed by atoms with Crippen LogP contribution in [0.25, 0.3) is 10.2 Å². The van der Waals surface area contributed by atoms with Gasteiger partial charge in [-0.1, -0.05) is 0 Å². The maximum absolute atomic E-state index is 4.69. The van der Waals surface area contributed by atoms with E-state index in [0.717, 1.165) is 34.7 Å². The number of rotatable bonds is 3. The second-order valence-electron chi connectivity index (χ2n) is 5.35. The molecule has 0 aliphatic heterocycles. The zero-order chi connectivity index (χ0) is 14.2. The molecule has 1 N–H and O–H groups in total. The number of hydrogen-bond donors (Lipinski definition) is 1. The Morgan fingerprint density at radius 3 is 3.10 bits per heavy atom. The molecule has 1 aliphatic carbocycles. The fraction of sp³-hybridized carbons (Fsp3) is 0.400. The van der Waals surface area contributed by atoms with Crippen LogP contribution in [-0.4, -0.2) is 26.6 Å². The Kier molecular flexibility index (Phi) is 3.11. The average molecular weight is 299 g/mol. The van der Waals surface area contributed by atoms with E-state index in [0.29, 0.717) is 6.54 Å². The lowest BCUT2D eigenvalue weighted by Gasteiger charge is -2.13. The molecule has 0 bridgehead atoms. The van der Waals surface area contributed by atoms with E-state index in [-0.39, 0.29) is 0 Å². The number of imidazole rings is 1. The van der Waals surface area contributed by atoms with Crippen molar-refractivity contribution in [2.24, 2.45) is 0 Å². The Bertz CT molecular complexity index is 789. The van der Waals surface area contributed by atoms with Crippen molar-refractivity contribution in [3.63, 3.8) is 0 Å². The van der Waals surface area contributed by atoms with Gasteiger partial charge in [0.1, 0.15) is 10.6 Å². The first-order valence-electron chi connectivity index (χ1n) is 7.30. The maximum Gasteiger partial charge on any atom is 0.152 e. The SMILES string of the molecule is CNc1nc(Cn2cnc3c2CCCC3)nc2sccc12. The number of hydrogen-bond acceptors (Lipinski definition) is 5. The number of nitrogens with one attached hydrogen (secondary N) is 1. The van der Waals surface area contributed by atoms with E-state index >= 15 is 0 Å². The van der Waals surface area contributed by atoms with E-state index in [9.17, 15) is 0 Å². The summed E-state index contributed by atoms with van der Waals surface area (Å²) >= 11 is 1.66. The molecule has 0 saturated carbocycles. The molecule has 0 atom stereocenters. The van der Waals surface area contributed by atoms with Crippen LogP contribution in [0.5, 0.6) is 0 Å². The predicted molar refractivity (Wildman–Crippen MR) is 84.9 cm³/mol. The maximum atomic E-state index is 4.69. The largest absolute Gasteiger partial charge is 0.372 e. The molecule has 6 heteroatoms. The first-order chi connectivity index (χ1) is 10.3. The van der Waals surface area contributed by atoms with Gasteiger partial charge in [0.15, 0.2) is 5.82 Å². The van der Waals surface area contributed by atoms with Gasteiger partial charge in [0.05, 0.1) is 24.0 Å². The van der Waals surface area contributed by atoms with Gasteiger partial charge in [0.25, 0.3) is 0 Å². The van der Waals surface area contributed by atoms with Gasteiger partial charge in [-0.15, -0.1) is 11.3 Å². The topological polar surface area (TPSA) is 55.6 Å². The zero-order valence-corrected chi connectivity index (χ0v) is 12.8. The predicted octanol–water partition coefficient (Wildman–Crippen LogP) is 2.86. The Hall–Kier alpha value is -1.95. The molecule has 0 aromatic carbocycles. The highest BCUT2D eigenvalue weighted by Gasteiger charge is 2.16. The van der Waals surface area contributed by atoms with Gasteiger partial charge >= 0.3 is 0 Å². The van der Waals surface area contributed by atoms with Crippen molar-refractivity contribution in [2.75, 3.05) is 12.4 Å². The number of aryl methyl sites for hydroxylation is 1. The molecule has 3 aromatic rings. The summed E-state index contributed by atoms with van der Waals surface area (Å²) in [5.41, 5.74) is 2.62. The van der Waals surface area contributed by atoms with Crippen LogP contribution < -0.4 is 5.32 Å². The quantitative estimate of drug-likeness (QED) is 0.808. The van der Waals surface area contributed by atoms with E-state index in [4.69, 9.17) is 0 Å². The van der Waals surface area contributed by atoms with Crippen molar-refractivity contribution in [2.45, 2.75) is 32.2 Å². The Labute approximate surface area is 127 Å². The van der Waals surface area contributed by atoms with E-state index < -0.39 is 0 Å². The third-order valence-corrected chi connectivity index (χ3v) is 4.84. The summed E-state index contributed by atoms with van der Waals surface area (Å²) in [7, 11) is 1.91. The zero-order valence-electron chi connectivity index (χ0n) is 12.0. The highest BCUT2D eigenvalue weighted by Crippen LogP contribution is 2.25. The number of fused-ring (bicyclic) bond motifs is 2. The minimum atomic E-state index is 0.699. The van der Waals surface area contributed by atoms with Crippen molar-refractivity contribution in [1.29, 1.82) is 0 Å². The summed E-state index contributed by atoms with van der Waals surface area (Å²) < 4.78 is 2.21. The Morgan fingerprint density at radius 2 is 2.19 bits per heavy atom. The molecule has 0 spiro atoms. The third-order valence-electron chi connectivity index (χ3n) is 4.03. The van der Waals surface area contributed by atoms with Crippen LogP contribution >= 0.6 is 11.3 Å². The van der Waals surface area contributed by atoms with Crippen molar-refractivity contribution in [3.05, 3.63) is 35.0 Å². The average Bonchev–Trinajstić information content (AvgIpc) is 3.14. The van der Waals surface area contributed by atoms with E-state index in [2.05, 4.69) is 36.3 Å². The van der Waals surface area contributed by atoms with Gasteiger partial charge in [-0.2, -0.15) is 0 Å². The standard InChI is InChI=1S/C15H17N5S/c1-16-14-10-6-7-21-15(10)19-13(18-14)8-20-9-17-11-4-2-3-5-12(11)20/h6-7,9H,2-5,8H2,1H3,(H,16,18,19). The summed E-state index contributed by atoms with van der Waals surface area (Å²) in [4.78, 5) is 14.9. The molecule has 0 fully saturated rings. The van der Waals surface area contributed by atoms with Crippen molar-refractivity contribution >= 4 is 27.4 Å². The van der Waals surface area contributed by atoms with Crippen LogP contribution in [0, 0.1) is 0 Å². The molecule has 0 radical (unpaired) electrons. The number of nitrogens with zero attached hydrogens (tertiary/aromatic N) is 4. The normalized spacial score (nSPS) is 14.3. The van der Waals surface area contributed by atoms with E-state index in [1.54, 1.807) is 11.3 Å². The monoisotopic (exact) mass is 299 g/mol.